The van der Waals surface area contributed by atoms with Crippen molar-refractivity contribution >= 4 is 39.1 Å². The van der Waals surface area contributed by atoms with Crippen LogP contribution in [0.25, 0.3) is 0 Å². The van der Waals surface area contributed by atoms with Crippen molar-refractivity contribution in [3.63, 3.8) is 0 Å². The lowest BCUT2D eigenvalue weighted by Gasteiger charge is -2.35. The van der Waals surface area contributed by atoms with Crippen molar-refractivity contribution < 1.29 is 22.7 Å². The molecular formula is C32H40ClN3O5S. The zero-order valence-corrected chi connectivity index (χ0v) is 26.8. The number of hydrogen-bond acceptors (Lipinski definition) is 5. The zero-order chi connectivity index (χ0) is 31.2. The summed E-state index contributed by atoms with van der Waals surface area (Å²) in [5, 5.41) is 3.40. The molecule has 0 bridgehead atoms. The summed E-state index contributed by atoms with van der Waals surface area (Å²) in [5.74, 6) is -0.615. The first-order chi connectivity index (χ1) is 19.7. The van der Waals surface area contributed by atoms with E-state index in [2.05, 4.69) is 5.32 Å². The summed E-state index contributed by atoms with van der Waals surface area (Å²) in [6, 6.07) is 17.7. The molecule has 0 aromatic heterocycles. The standard InChI is InChI=1S/C32H40ClN3O5S/c1-8-27(31(38)34-32(4,5)6)35(20-24-11-9-10-12-26(24)33)30(37)21-36(28-19-23(3)15-18-29(28)41-7)42(39,40)25-16-13-22(2)14-17-25/h9-19,27H,8,20-21H2,1-7H3,(H,34,38). The number of carbonyl (C=O) groups is 2. The van der Waals surface area contributed by atoms with Gasteiger partial charge in [-0.05, 0) is 82.5 Å². The molecule has 1 N–H and O–H groups in total. The van der Waals surface area contributed by atoms with Crippen molar-refractivity contribution in [2.24, 2.45) is 0 Å². The van der Waals surface area contributed by atoms with E-state index in [0.717, 1.165) is 15.4 Å². The summed E-state index contributed by atoms with van der Waals surface area (Å²) >= 11 is 6.47. The maximum Gasteiger partial charge on any atom is 0.264 e. The number of rotatable bonds is 11. The van der Waals surface area contributed by atoms with E-state index in [9.17, 15) is 18.0 Å². The van der Waals surface area contributed by atoms with Gasteiger partial charge in [-0.25, -0.2) is 8.42 Å². The van der Waals surface area contributed by atoms with Gasteiger partial charge in [0.25, 0.3) is 10.0 Å². The van der Waals surface area contributed by atoms with Crippen molar-refractivity contribution in [3.05, 3.63) is 88.4 Å². The van der Waals surface area contributed by atoms with Crippen LogP contribution in [-0.4, -0.2) is 50.4 Å². The molecular weight excluding hydrogens is 574 g/mol. The third-order valence-corrected chi connectivity index (χ3v) is 8.82. The van der Waals surface area contributed by atoms with Crippen molar-refractivity contribution in [1.82, 2.24) is 10.2 Å². The molecule has 3 aromatic carbocycles. The number of nitrogens with zero attached hydrogens (tertiary/aromatic N) is 2. The summed E-state index contributed by atoms with van der Waals surface area (Å²) in [7, 11) is -2.79. The minimum absolute atomic E-state index is 0.0119. The first-order valence-electron chi connectivity index (χ1n) is 13.8. The predicted octanol–water partition coefficient (Wildman–Crippen LogP) is 5.88. The number of anilines is 1. The molecule has 0 fully saturated rings. The number of ether oxygens (including phenoxy) is 1. The van der Waals surface area contributed by atoms with Crippen LogP contribution in [0.1, 0.15) is 50.8 Å². The predicted molar refractivity (Wildman–Crippen MR) is 167 cm³/mol. The topological polar surface area (TPSA) is 96.0 Å². The molecule has 226 valence electrons. The number of aryl methyl sites for hydroxylation is 2. The minimum Gasteiger partial charge on any atom is -0.495 e. The largest absolute Gasteiger partial charge is 0.495 e. The maximum atomic E-state index is 14.3. The van der Waals surface area contributed by atoms with Crippen LogP contribution in [0, 0.1) is 13.8 Å². The number of carbonyl (C=O) groups excluding carboxylic acids is 2. The van der Waals surface area contributed by atoms with Crippen LogP contribution in [0.4, 0.5) is 5.69 Å². The van der Waals surface area contributed by atoms with Crippen LogP contribution in [0.5, 0.6) is 5.75 Å². The number of hydrogen-bond donors (Lipinski definition) is 1. The van der Waals surface area contributed by atoms with E-state index in [0.29, 0.717) is 22.8 Å². The Labute approximate surface area is 254 Å². The lowest BCUT2D eigenvalue weighted by molar-refractivity contribution is -0.141. The molecule has 0 spiro atoms. The summed E-state index contributed by atoms with van der Waals surface area (Å²) in [4.78, 5) is 29.2. The van der Waals surface area contributed by atoms with E-state index < -0.39 is 34.1 Å². The van der Waals surface area contributed by atoms with Crippen LogP contribution in [0.3, 0.4) is 0 Å². The summed E-state index contributed by atoms with van der Waals surface area (Å²) in [6.07, 6.45) is 0.302. The Balaban J connectivity index is 2.15. The van der Waals surface area contributed by atoms with Gasteiger partial charge >= 0.3 is 0 Å². The number of nitrogens with one attached hydrogen (secondary N) is 1. The van der Waals surface area contributed by atoms with Gasteiger partial charge in [0.15, 0.2) is 0 Å². The Morgan fingerprint density at radius 1 is 0.976 bits per heavy atom. The van der Waals surface area contributed by atoms with E-state index in [-0.39, 0.29) is 23.0 Å². The zero-order valence-electron chi connectivity index (χ0n) is 25.3. The lowest BCUT2D eigenvalue weighted by atomic mass is 10.1. The molecule has 0 radical (unpaired) electrons. The molecule has 2 amide bonds. The van der Waals surface area contributed by atoms with Gasteiger partial charge in [0, 0.05) is 17.1 Å². The normalized spacial score (nSPS) is 12.4. The van der Waals surface area contributed by atoms with Crippen molar-refractivity contribution in [3.8, 4) is 5.75 Å². The molecule has 3 aromatic rings. The third kappa shape index (κ3) is 8.04. The van der Waals surface area contributed by atoms with Crippen molar-refractivity contribution in [2.45, 2.75) is 71.0 Å². The van der Waals surface area contributed by atoms with E-state index in [1.807, 2.05) is 41.5 Å². The molecule has 0 aliphatic carbocycles. The molecule has 1 unspecified atom stereocenters. The fourth-order valence-electron chi connectivity index (χ4n) is 4.53. The van der Waals surface area contributed by atoms with E-state index in [4.69, 9.17) is 16.3 Å². The summed E-state index contributed by atoms with van der Waals surface area (Å²) in [5.41, 5.74) is 1.99. The fourth-order valence-corrected chi connectivity index (χ4v) is 6.14. The SMILES string of the molecule is CCC(C(=O)NC(C)(C)C)N(Cc1ccccc1Cl)C(=O)CN(c1cc(C)ccc1OC)S(=O)(=O)c1ccc(C)cc1. The molecule has 42 heavy (non-hydrogen) atoms. The van der Waals surface area contributed by atoms with E-state index >= 15 is 0 Å². The van der Waals surface area contributed by atoms with Gasteiger partial charge < -0.3 is 15.0 Å². The first-order valence-corrected chi connectivity index (χ1v) is 15.6. The molecule has 0 saturated carbocycles. The second-order valence-corrected chi connectivity index (χ2v) is 13.5. The molecule has 0 heterocycles. The van der Waals surface area contributed by atoms with Gasteiger partial charge in [0.05, 0.1) is 17.7 Å². The highest BCUT2D eigenvalue weighted by Crippen LogP contribution is 2.34. The minimum atomic E-state index is -4.23. The molecule has 0 saturated heterocycles. The van der Waals surface area contributed by atoms with Gasteiger partial charge in [0.1, 0.15) is 18.3 Å². The first kappa shape index (κ1) is 32.9. The smallest absolute Gasteiger partial charge is 0.264 e. The second kappa shape index (κ2) is 13.6. The van der Waals surface area contributed by atoms with Crippen molar-refractivity contribution in [1.29, 1.82) is 0 Å². The number of halogens is 1. The Bertz CT molecular complexity index is 1520. The molecule has 0 aliphatic heterocycles. The number of methoxy groups -OCH3 is 1. The Morgan fingerprint density at radius 2 is 1.60 bits per heavy atom. The van der Waals surface area contributed by atoms with Crippen LogP contribution in [-0.2, 0) is 26.2 Å². The Morgan fingerprint density at radius 3 is 2.17 bits per heavy atom. The second-order valence-electron chi connectivity index (χ2n) is 11.3. The van der Waals surface area contributed by atoms with Gasteiger partial charge in [-0.1, -0.05) is 60.5 Å². The number of benzene rings is 3. The maximum absolute atomic E-state index is 14.3. The highest BCUT2D eigenvalue weighted by molar-refractivity contribution is 7.92. The highest BCUT2D eigenvalue weighted by Gasteiger charge is 2.35. The average Bonchev–Trinajstić information content (AvgIpc) is 2.91. The van der Waals surface area contributed by atoms with Gasteiger partial charge in [-0.3, -0.25) is 13.9 Å². The summed E-state index contributed by atoms with van der Waals surface area (Å²) < 4.78 is 34.9. The lowest BCUT2D eigenvalue weighted by Crippen LogP contribution is -2.55. The Kier molecular flexibility index (Phi) is 10.7. The third-order valence-electron chi connectivity index (χ3n) is 6.67. The average molecular weight is 614 g/mol. The monoisotopic (exact) mass is 613 g/mol. The van der Waals surface area contributed by atoms with Crippen LogP contribution < -0.4 is 14.4 Å². The van der Waals surface area contributed by atoms with E-state index in [1.165, 1.54) is 24.1 Å². The van der Waals surface area contributed by atoms with Crippen molar-refractivity contribution in [2.75, 3.05) is 18.0 Å². The molecule has 1 atom stereocenters. The fraction of sp³-hybridized carbons (Fsp3) is 0.375. The quantitative estimate of drug-likeness (QED) is 0.291. The van der Waals surface area contributed by atoms with Gasteiger partial charge in [-0.2, -0.15) is 0 Å². The van der Waals surface area contributed by atoms with Crippen LogP contribution in [0.15, 0.2) is 71.6 Å². The highest BCUT2D eigenvalue weighted by atomic mass is 35.5. The number of sulfonamides is 1. The van der Waals surface area contributed by atoms with Gasteiger partial charge in [-0.15, -0.1) is 0 Å². The van der Waals surface area contributed by atoms with Gasteiger partial charge in [0.2, 0.25) is 11.8 Å². The van der Waals surface area contributed by atoms with E-state index in [1.54, 1.807) is 54.6 Å². The number of amides is 2. The molecule has 10 heteroatoms. The van der Waals surface area contributed by atoms with Crippen LogP contribution in [0.2, 0.25) is 5.02 Å². The Hall–Kier alpha value is -3.56. The van der Waals surface area contributed by atoms with Crippen LogP contribution >= 0.6 is 11.6 Å². The molecule has 0 aliphatic rings. The molecule has 3 rings (SSSR count). The molecule has 8 nitrogen and oxygen atoms in total. The summed E-state index contributed by atoms with van der Waals surface area (Å²) in [6.45, 7) is 10.5.